The van der Waals surface area contributed by atoms with E-state index in [0.717, 1.165) is 0 Å². The average molecular weight is 235 g/mol. The predicted octanol–water partition coefficient (Wildman–Crippen LogP) is 1.16. The van der Waals surface area contributed by atoms with Gasteiger partial charge in [-0.2, -0.15) is 0 Å². The van der Waals surface area contributed by atoms with Gasteiger partial charge in [-0.3, -0.25) is 0 Å². The van der Waals surface area contributed by atoms with Crippen LogP contribution in [0.3, 0.4) is 0 Å². The molecule has 0 radical (unpaired) electrons. The summed E-state index contributed by atoms with van der Waals surface area (Å²) in [5.41, 5.74) is 1.31. The van der Waals surface area contributed by atoms with Crippen molar-refractivity contribution in [1.29, 1.82) is 0 Å². The Bertz CT molecular complexity index is 550. The lowest BCUT2D eigenvalue weighted by molar-refractivity contribution is 0.0697. The maximum atomic E-state index is 11.1. The molecule has 0 spiro atoms. The number of hydrogen-bond donors (Lipinski definition) is 1. The molecule has 0 fully saturated rings. The van der Waals surface area contributed by atoms with Crippen LogP contribution in [0.25, 0.3) is 11.0 Å². The first-order valence-electron chi connectivity index (χ1n) is 5.21. The fourth-order valence-electron chi connectivity index (χ4n) is 1.65. The largest absolute Gasteiger partial charge is 0.478 e. The summed E-state index contributed by atoms with van der Waals surface area (Å²) < 4.78 is 6.70. The van der Waals surface area contributed by atoms with Crippen molar-refractivity contribution in [2.24, 2.45) is 0 Å². The number of hydrogen-bond acceptors (Lipinski definition) is 4. The van der Waals surface area contributed by atoms with Gasteiger partial charge in [-0.15, -0.1) is 5.10 Å². The molecule has 0 aliphatic heterocycles. The fraction of sp³-hybridized carbons (Fsp3) is 0.364. The number of carboxylic acids is 1. The summed E-state index contributed by atoms with van der Waals surface area (Å²) >= 11 is 0. The van der Waals surface area contributed by atoms with E-state index in [0.29, 0.717) is 17.6 Å². The maximum absolute atomic E-state index is 11.1. The van der Waals surface area contributed by atoms with Crippen LogP contribution in [0, 0.1) is 0 Å². The maximum Gasteiger partial charge on any atom is 0.337 e. The Kier molecular flexibility index (Phi) is 3.06. The van der Waals surface area contributed by atoms with E-state index >= 15 is 0 Å². The number of fused-ring (bicyclic) bond motifs is 1. The van der Waals surface area contributed by atoms with Crippen molar-refractivity contribution in [2.75, 3.05) is 7.11 Å². The van der Waals surface area contributed by atoms with Gasteiger partial charge in [-0.1, -0.05) is 11.3 Å². The number of carbonyl (C=O) groups is 1. The van der Waals surface area contributed by atoms with E-state index in [4.69, 9.17) is 9.84 Å². The van der Waals surface area contributed by atoms with Gasteiger partial charge in [0.2, 0.25) is 0 Å². The van der Waals surface area contributed by atoms with Crippen LogP contribution in [0.1, 0.15) is 17.3 Å². The number of para-hydroxylation sites is 1. The molecule has 90 valence electrons. The summed E-state index contributed by atoms with van der Waals surface area (Å²) in [6.45, 7) is 2.36. The third-order valence-corrected chi connectivity index (χ3v) is 2.60. The van der Waals surface area contributed by atoms with Crippen molar-refractivity contribution >= 4 is 17.0 Å². The molecule has 2 aromatic rings. The van der Waals surface area contributed by atoms with Crippen LogP contribution < -0.4 is 0 Å². The molecule has 0 aliphatic carbocycles. The Morgan fingerprint density at radius 1 is 1.59 bits per heavy atom. The molecule has 17 heavy (non-hydrogen) atoms. The van der Waals surface area contributed by atoms with E-state index in [1.165, 1.54) is 0 Å². The molecule has 1 atom stereocenters. The summed E-state index contributed by atoms with van der Waals surface area (Å²) in [7, 11) is 1.60. The Balaban J connectivity index is 2.53. The number of aromatic carboxylic acids is 1. The summed E-state index contributed by atoms with van der Waals surface area (Å²) in [5, 5.41) is 17.0. The van der Waals surface area contributed by atoms with Crippen LogP contribution in [0.4, 0.5) is 0 Å². The van der Waals surface area contributed by atoms with Crippen LogP contribution in [0.5, 0.6) is 0 Å². The molecule has 0 saturated heterocycles. The smallest absolute Gasteiger partial charge is 0.337 e. The van der Waals surface area contributed by atoms with Crippen LogP contribution in [0.2, 0.25) is 0 Å². The van der Waals surface area contributed by atoms with Crippen molar-refractivity contribution in [1.82, 2.24) is 15.0 Å². The van der Waals surface area contributed by atoms with E-state index in [9.17, 15) is 4.79 Å². The summed E-state index contributed by atoms with van der Waals surface area (Å²) in [5.74, 6) is -0.982. The lowest BCUT2D eigenvalue weighted by Crippen LogP contribution is -2.16. The Morgan fingerprint density at radius 2 is 2.35 bits per heavy atom. The Hall–Kier alpha value is -1.95. The number of rotatable bonds is 4. The molecule has 1 unspecified atom stereocenters. The molecular formula is C11H13N3O3. The summed E-state index contributed by atoms with van der Waals surface area (Å²) in [6.07, 6.45) is -0.0539. The van der Waals surface area contributed by atoms with Gasteiger partial charge in [0.15, 0.2) is 0 Å². The SMILES string of the molecule is COC(C)Cn1nnc2cccc(C(=O)O)c21. The minimum atomic E-state index is -0.982. The number of benzene rings is 1. The van der Waals surface area contributed by atoms with Crippen molar-refractivity contribution in [2.45, 2.75) is 19.6 Å². The van der Waals surface area contributed by atoms with Crippen molar-refractivity contribution in [3.8, 4) is 0 Å². The molecule has 6 nitrogen and oxygen atoms in total. The second-order valence-corrected chi connectivity index (χ2v) is 3.80. The molecule has 0 saturated carbocycles. The number of methoxy groups -OCH3 is 1. The van der Waals surface area contributed by atoms with Gasteiger partial charge in [0.1, 0.15) is 11.0 Å². The van der Waals surface area contributed by atoms with E-state index in [1.54, 1.807) is 30.0 Å². The molecule has 0 bridgehead atoms. The molecule has 0 amide bonds. The summed E-state index contributed by atoms with van der Waals surface area (Å²) in [4.78, 5) is 11.1. The average Bonchev–Trinajstić information content (AvgIpc) is 2.72. The first-order chi connectivity index (χ1) is 8.13. The third-order valence-electron chi connectivity index (χ3n) is 2.60. The molecule has 1 aromatic heterocycles. The zero-order valence-electron chi connectivity index (χ0n) is 9.62. The molecule has 1 N–H and O–H groups in total. The van der Waals surface area contributed by atoms with Crippen LogP contribution in [-0.2, 0) is 11.3 Å². The highest BCUT2D eigenvalue weighted by Gasteiger charge is 2.15. The lowest BCUT2D eigenvalue weighted by atomic mass is 10.2. The third kappa shape index (κ3) is 2.12. The van der Waals surface area contributed by atoms with Crippen LogP contribution in [0.15, 0.2) is 18.2 Å². The molecule has 1 aromatic carbocycles. The molecular weight excluding hydrogens is 222 g/mol. The van der Waals surface area contributed by atoms with E-state index in [-0.39, 0.29) is 11.7 Å². The normalized spacial score (nSPS) is 12.8. The summed E-state index contributed by atoms with van der Waals surface area (Å²) in [6, 6.07) is 4.94. The second kappa shape index (κ2) is 4.50. The highest BCUT2D eigenvalue weighted by Crippen LogP contribution is 2.17. The highest BCUT2D eigenvalue weighted by molar-refractivity contribution is 6.00. The fourth-order valence-corrected chi connectivity index (χ4v) is 1.65. The van der Waals surface area contributed by atoms with Crippen molar-refractivity contribution in [3.63, 3.8) is 0 Å². The van der Waals surface area contributed by atoms with E-state index in [2.05, 4.69) is 10.3 Å². The van der Waals surface area contributed by atoms with Gasteiger partial charge < -0.3 is 9.84 Å². The van der Waals surface area contributed by atoms with Gasteiger partial charge in [-0.25, -0.2) is 9.48 Å². The number of ether oxygens (including phenoxy) is 1. The minimum absolute atomic E-state index is 0.0539. The standard InChI is InChI=1S/C11H13N3O3/c1-7(17-2)6-14-10-8(11(15)16)4-3-5-9(10)12-13-14/h3-5,7H,6H2,1-2H3,(H,15,16). The van der Waals surface area contributed by atoms with Crippen molar-refractivity contribution in [3.05, 3.63) is 23.8 Å². The Labute approximate surface area is 97.8 Å². The first-order valence-corrected chi connectivity index (χ1v) is 5.21. The van der Waals surface area contributed by atoms with Crippen LogP contribution in [-0.4, -0.2) is 39.3 Å². The van der Waals surface area contributed by atoms with E-state index < -0.39 is 5.97 Å². The number of nitrogens with zero attached hydrogens (tertiary/aromatic N) is 3. The number of carboxylic acid groups (broad SMARTS) is 1. The zero-order valence-corrected chi connectivity index (χ0v) is 9.62. The van der Waals surface area contributed by atoms with Gasteiger partial charge in [0.25, 0.3) is 0 Å². The zero-order chi connectivity index (χ0) is 12.4. The lowest BCUT2D eigenvalue weighted by Gasteiger charge is -2.10. The van der Waals surface area contributed by atoms with Crippen LogP contribution >= 0.6 is 0 Å². The second-order valence-electron chi connectivity index (χ2n) is 3.80. The molecule has 0 aliphatic rings. The van der Waals surface area contributed by atoms with E-state index in [1.807, 2.05) is 6.92 Å². The van der Waals surface area contributed by atoms with Gasteiger partial charge in [0, 0.05) is 7.11 Å². The molecule has 1 heterocycles. The van der Waals surface area contributed by atoms with Gasteiger partial charge in [-0.05, 0) is 19.1 Å². The molecule has 6 heteroatoms. The highest BCUT2D eigenvalue weighted by atomic mass is 16.5. The monoisotopic (exact) mass is 235 g/mol. The quantitative estimate of drug-likeness (QED) is 0.860. The topological polar surface area (TPSA) is 77.2 Å². The van der Waals surface area contributed by atoms with Crippen molar-refractivity contribution < 1.29 is 14.6 Å². The Morgan fingerprint density at radius 3 is 3.00 bits per heavy atom. The first kappa shape index (κ1) is 11.5. The van der Waals surface area contributed by atoms with Gasteiger partial charge in [0.05, 0.1) is 18.2 Å². The minimum Gasteiger partial charge on any atom is -0.478 e. The van der Waals surface area contributed by atoms with Gasteiger partial charge >= 0.3 is 5.97 Å². The predicted molar refractivity (Wildman–Crippen MR) is 61.0 cm³/mol. The number of aromatic nitrogens is 3. The molecule has 2 rings (SSSR count).